The van der Waals surface area contributed by atoms with Gasteiger partial charge in [0.05, 0.1) is 13.2 Å². The predicted molar refractivity (Wildman–Crippen MR) is 70.5 cm³/mol. The number of benzene rings is 2. The van der Waals surface area contributed by atoms with Crippen LogP contribution in [0.15, 0.2) is 30.3 Å². The lowest BCUT2D eigenvalue weighted by Crippen LogP contribution is -2.04. The van der Waals surface area contributed by atoms with Crippen molar-refractivity contribution in [1.82, 2.24) is 0 Å². The Hall–Kier alpha value is -1.61. The maximum absolute atomic E-state index is 13.9. The molecule has 0 bridgehead atoms. The van der Waals surface area contributed by atoms with Gasteiger partial charge in [-0.1, -0.05) is 24.3 Å². The largest absolute Gasteiger partial charge is 0.493 e. The van der Waals surface area contributed by atoms with Crippen LogP contribution in [0, 0.1) is 5.82 Å². The molecule has 0 fully saturated rings. The first-order valence-electron chi connectivity index (χ1n) is 6.05. The Labute approximate surface area is 106 Å². The number of methoxy groups -OCH3 is 1. The minimum Gasteiger partial charge on any atom is -0.493 e. The molecule has 0 aliphatic rings. The molecule has 96 valence electrons. The molecule has 2 aromatic rings. The number of fused-ring (bicyclic) bond motifs is 1. The van der Waals surface area contributed by atoms with Gasteiger partial charge in [-0.15, -0.1) is 0 Å². The molecule has 0 saturated heterocycles. The lowest BCUT2D eigenvalue weighted by Gasteiger charge is -2.14. The van der Waals surface area contributed by atoms with E-state index >= 15 is 0 Å². The van der Waals surface area contributed by atoms with Crippen molar-refractivity contribution in [1.29, 1.82) is 0 Å². The highest BCUT2D eigenvalue weighted by Gasteiger charge is 2.14. The van der Waals surface area contributed by atoms with Gasteiger partial charge in [-0.05, 0) is 36.6 Å². The SMILES string of the molecule is COc1c(F)cc2ccccc2c1CCC(C)O. The molecular weight excluding hydrogens is 231 g/mol. The van der Waals surface area contributed by atoms with E-state index < -0.39 is 6.10 Å². The van der Waals surface area contributed by atoms with E-state index in [9.17, 15) is 9.50 Å². The highest BCUT2D eigenvalue weighted by Crippen LogP contribution is 2.32. The molecule has 2 nitrogen and oxygen atoms in total. The van der Waals surface area contributed by atoms with Gasteiger partial charge in [-0.25, -0.2) is 4.39 Å². The molecule has 1 N–H and O–H groups in total. The van der Waals surface area contributed by atoms with Crippen molar-refractivity contribution >= 4 is 10.8 Å². The number of ether oxygens (including phenoxy) is 1. The van der Waals surface area contributed by atoms with Gasteiger partial charge in [-0.3, -0.25) is 0 Å². The van der Waals surface area contributed by atoms with E-state index in [2.05, 4.69) is 0 Å². The van der Waals surface area contributed by atoms with Crippen LogP contribution in [0.5, 0.6) is 5.75 Å². The van der Waals surface area contributed by atoms with Crippen molar-refractivity contribution in [2.75, 3.05) is 7.11 Å². The number of aliphatic hydroxyl groups is 1. The van der Waals surface area contributed by atoms with Gasteiger partial charge < -0.3 is 9.84 Å². The van der Waals surface area contributed by atoms with Gasteiger partial charge in [0.25, 0.3) is 0 Å². The minimum atomic E-state index is -0.406. The van der Waals surface area contributed by atoms with Gasteiger partial charge in [0.15, 0.2) is 11.6 Å². The molecule has 2 aromatic carbocycles. The Kier molecular flexibility index (Phi) is 3.82. The lowest BCUT2D eigenvalue weighted by molar-refractivity contribution is 0.184. The number of hydrogen-bond acceptors (Lipinski definition) is 2. The first kappa shape index (κ1) is 12.8. The maximum atomic E-state index is 13.9. The molecular formula is C15H17FO2. The molecule has 0 spiro atoms. The van der Waals surface area contributed by atoms with Crippen LogP contribution in [-0.4, -0.2) is 18.3 Å². The Bertz CT molecular complexity index is 549. The molecule has 0 saturated carbocycles. The van der Waals surface area contributed by atoms with Crippen LogP contribution in [0.25, 0.3) is 10.8 Å². The summed E-state index contributed by atoms with van der Waals surface area (Å²) in [4.78, 5) is 0. The van der Waals surface area contributed by atoms with E-state index in [0.717, 1.165) is 16.3 Å². The van der Waals surface area contributed by atoms with Crippen LogP contribution < -0.4 is 4.74 Å². The van der Waals surface area contributed by atoms with Crippen LogP contribution in [0.3, 0.4) is 0 Å². The second kappa shape index (κ2) is 5.36. The summed E-state index contributed by atoms with van der Waals surface area (Å²) in [5.41, 5.74) is 0.828. The van der Waals surface area contributed by atoms with Gasteiger partial charge in [0, 0.05) is 5.56 Å². The Morgan fingerprint density at radius 2 is 2.06 bits per heavy atom. The number of halogens is 1. The monoisotopic (exact) mass is 248 g/mol. The number of aryl methyl sites for hydroxylation is 1. The Morgan fingerprint density at radius 1 is 1.33 bits per heavy atom. The van der Waals surface area contributed by atoms with Crippen LogP contribution in [0.1, 0.15) is 18.9 Å². The first-order valence-corrected chi connectivity index (χ1v) is 6.05. The van der Waals surface area contributed by atoms with E-state index in [1.54, 1.807) is 6.92 Å². The first-order chi connectivity index (χ1) is 8.63. The zero-order chi connectivity index (χ0) is 13.1. The summed E-state index contributed by atoms with van der Waals surface area (Å²) in [7, 11) is 1.47. The van der Waals surface area contributed by atoms with Crippen LogP contribution in [-0.2, 0) is 6.42 Å². The molecule has 2 rings (SSSR count). The molecule has 1 unspecified atom stereocenters. The third kappa shape index (κ3) is 2.46. The molecule has 0 aromatic heterocycles. The van der Waals surface area contributed by atoms with Crippen molar-refractivity contribution in [3.63, 3.8) is 0 Å². The fourth-order valence-corrected chi connectivity index (χ4v) is 2.19. The zero-order valence-corrected chi connectivity index (χ0v) is 10.6. The smallest absolute Gasteiger partial charge is 0.165 e. The van der Waals surface area contributed by atoms with Crippen LogP contribution >= 0.6 is 0 Å². The second-order valence-corrected chi connectivity index (χ2v) is 4.48. The van der Waals surface area contributed by atoms with E-state index in [0.29, 0.717) is 12.8 Å². The van der Waals surface area contributed by atoms with Crippen molar-refractivity contribution < 1.29 is 14.2 Å². The lowest BCUT2D eigenvalue weighted by atomic mass is 9.98. The molecule has 18 heavy (non-hydrogen) atoms. The average Bonchev–Trinajstić information content (AvgIpc) is 2.35. The van der Waals surface area contributed by atoms with E-state index in [1.165, 1.54) is 13.2 Å². The maximum Gasteiger partial charge on any atom is 0.165 e. The highest BCUT2D eigenvalue weighted by molar-refractivity contribution is 5.88. The van der Waals surface area contributed by atoms with E-state index in [-0.39, 0.29) is 11.6 Å². The van der Waals surface area contributed by atoms with Crippen molar-refractivity contribution in [3.8, 4) is 5.75 Å². The second-order valence-electron chi connectivity index (χ2n) is 4.48. The van der Waals surface area contributed by atoms with Gasteiger partial charge in [0.1, 0.15) is 0 Å². The summed E-state index contributed by atoms with van der Waals surface area (Å²) in [5, 5.41) is 11.2. The van der Waals surface area contributed by atoms with Crippen molar-refractivity contribution in [2.45, 2.75) is 25.9 Å². The van der Waals surface area contributed by atoms with Crippen molar-refractivity contribution in [3.05, 3.63) is 41.7 Å². The fourth-order valence-electron chi connectivity index (χ4n) is 2.19. The summed E-state index contributed by atoms with van der Waals surface area (Å²) >= 11 is 0. The fraction of sp³-hybridized carbons (Fsp3) is 0.333. The number of rotatable bonds is 4. The van der Waals surface area contributed by atoms with Gasteiger partial charge in [0.2, 0.25) is 0 Å². The molecule has 0 aliphatic heterocycles. The van der Waals surface area contributed by atoms with Gasteiger partial charge in [-0.2, -0.15) is 0 Å². The topological polar surface area (TPSA) is 29.5 Å². The number of aliphatic hydroxyl groups excluding tert-OH is 1. The summed E-state index contributed by atoms with van der Waals surface area (Å²) in [5.74, 6) is -0.0638. The normalized spacial score (nSPS) is 12.7. The summed E-state index contributed by atoms with van der Waals surface area (Å²) in [6, 6.07) is 9.12. The predicted octanol–water partition coefficient (Wildman–Crippen LogP) is 3.30. The third-order valence-corrected chi connectivity index (χ3v) is 3.08. The summed E-state index contributed by atoms with van der Waals surface area (Å²) in [6.45, 7) is 1.73. The molecule has 0 aliphatic carbocycles. The molecule has 0 heterocycles. The summed E-state index contributed by atoms with van der Waals surface area (Å²) < 4.78 is 19.1. The zero-order valence-electron chi connectivity index (χ0n) is 10.6. The average molecular weight is 248 g/mol. The Morgan fingerprint density at radius 3 is 2.72 bits per heavy atom. The Balaban J connectivity index is 2.57. The summed E-state index contributed by atoms with van der Waals surface area (Å²) in [6.07, 6.45) is 0.778. The standard InChI is InChI=1S/C15H17FO2/c1-10(17)7-8-13-12-6-4-3-5-11(12)9-14(16)15(13)18-2/h3-6,9-10,17H,7-8H2,1-2H3. The molecule has 1 atom stereocenters. The quantitative estimate of drug-likeness (QED) is 0.899. The van der Waals surface area contributed by atoms with Crippen LogP contribution in [0.4, 0.5) is 4.39 Å². The van der Waals surface area contributed by atoms with Crippen molar-refractivity contribution in [2.24, 2.45) is 0 Å². The molecule has 0 amide bonds. The van der Waals surface area contributed by atoms with E-state index in [4.69, 9.17) is 4.74 Å². The minimum absolute atomic E-state index is 0.286. The van der Waals surface area contributed by atoms with Crippen LogP contribution in [0.2, 0.25) is 0 Å². The van der Waals surface area contributed by atoms with Gasteiger partial charge >= 0.3 is 0 Å². The molecule has 3 heteroatoms. The molecule has 0 radical (unpaired) electrons. The number of hydrogen-bond donors (Lipinski definition) is 1. The third-order valence-electron chi connectivity index (χ3n) is 3.08. The van der Waals surface area contributed by atoms with E-state index in [1.807, 2.05) is 24.3 Å². The highest BCUT2D eigenvalue weighted by atomic mass is 19.1.